The molecule has 0 fully saturated rings. The van der Waals surface area contributed by atoms with Gasteiger partial charge in [0.2, 0.25) is 0 Å². The Kier molecular flexibility index (Phi) is 1.88. The smallest absolute Gasteiger partial charge is 0.266 e. The highest BCUT2D eigenvalue weighted by Gasteiger charge is 1.95. The van der Waals surface area contributed by atoms with Gasteiger partial charge in [-0.05, 0) is 28.1 Å². The second-order valence-corrected chi connectivity index (χ2v) is 2.52. The third kappa shape index (κ3) is 1.25. The zero-order chi connectivity index (χ0) is 7.56. The Morgan fingerprint density at radius 2 is 2.30 bits per heavy atom. The van der Waals surface area contributed by atoms with Crippen LogP contribution in [0.3, 0.4) is 0 Å². The van der Waals surface area contributed by atoms with Gasteiger partial charge in [-0.2, -0.15) is 5.26 Å². The highest BCUT2D eigenvalue weighted by atomic mass is 79.9. The average Bonchev–Trinajstić information content (AvgIpc) is 1.88. The number of aromatic amines is 1. The van der Waals surface area contributed by atoms with E-state index < -0.39 is 0 Å². The molecule has 1 rings (SSSR count). The van der Waals surface area contributed by atoms with Crippen molar-refractivity contribution in [3.63, 3.8) is 0 Å². The van der Waals surface area contributed by atoms with Crippen molar-refractivity contribution in [1.82, 2.24) is 4.98 Å². The van der Waals surface area contributed by atoms with Crippen LogP contribution in [-0.2, 0) is 0 Å². The van der Waals surface area contributed by atoms with Gasteiger partial charge in [0.25, 0.3) is 5.56 Å². The van der Waals surface area contributed by atoms with Crippen molar-refractivity contribution >= 4 is 15.9 Å². The predicted molar refractivity (Wildman–Crippen MR) is 39.5 cm³/mol. The van der Waals surface area contributed by atoms with Crippen LogP contribution >= 0.6 is 15.9 Å². The first-order valence-electron chi connectivity index (χ1n) is 2.53. The molecule has 0 amide bonds. The number of hydrogen-bond donors (Lipinski definition) is 1. The van der Waals surface area contributed by atoms with E-state index in [4.69, 9.17) is 5.26 Å². The molecule has 0 aromatic carbocycles. The van der Waals surface area contributed by atoms with Gasteiger partial charge in [-0.3, -0.25) is 4.79 Å². The molecule has 0 saturated heterocycles. The minimum absolute atomic E-state index is 0.128. The Hall–Kier alpha value is -1.08. The van der Waals surface area contributed by atoms with Crippen LogP contribution in [0.15, 0.2) is 21.5 Å². The Balaban J connectivity index is 3.38. The molecule has 1 N–H and O–H groups in total. The van der Waals surface area contributed by atoms with E-state index in [0.29, 0.717) is 4.60 Å². The summed E-state index contributed by atoms with van der Waals surface area (Å²) < 4.78 is 0.580. The monoisotopic (exact) mass is 198 g/mol. The topological polar surface area (TPSA) is 56.6 Å². The van der Waals surface area contributed by atoms with Crippen LogP contribution in [0.25, 0.3) is 0 Å². The molecule has 0 radical (unpaired) electrons. The number of pyridine rings is 1. The number of nitrogens with one attached hydrogen (secondary N) is 1. The van der Waals surface area contributed by atoms with Gasteiger partial charge in [0, 0.05) is 0 Å². The van der Waals surface area contributed by atoms with Crippen molar-refractivity contribution in [3.05, 3.63) is 32.7 Å². The number of nitrogens with zero attached hydrogens (tertiary/aromatic N) is 1. The molecule has 0 unspecified atom stereocenters. The van der Waals surface area contributed by atoms with Gasteiger partial charge < -0.3 is 4.98 Å². The van der Waals surface area contributed by atoms with E-state index in [2.05, 4.69) is 20.9 Å². The lowest BCUT2D eigenvalue weighted by Crippen LogP contribution is -2.08. The van der Waals surface area contributed by atoms with Crippen molar-refractivity contribution in [2.24, 2.45) is 0 Å². The molecule has 3 nitrogen and oxygen atoms in total. The number of aromatic nitrogens is 1. The lowest BCUT2D eigenvalue weighted by atomic mass is 10.3. The lowest BCUT2D eigenvalue weighted by molar-refractivity contribution is 1.18. The fraction of sp³-hybridized carbons (Fsp3) is 0. The second kappa shape index (κ2) is 2.67. The molecule has 1 heterocycles. The van der Waals surface area contributed by atoms with E-state index in [0.717, 1.165) is 0 Å². The van der Waals surface area contributed by atoms with Crippen molar-refractivity contribution in [3.8, 4) is 6.07 Å². The van der Waals surface area contributed by atoms with E-state index >= 15 is 0 Å². The summed E-state index contributed by atoms with van der Waals surface area (Å²) in [6, 6.07) is 4.83. The van der Waals surface area contributed by atoms with Crippen LogP contribution in [-0.4, -0.2) is 4.98 Å². The number of hydrogen-bond acceptors (Lipinski definition) is 2. The zero-order valence-electron chi connectivity index (χ0n) is 4.89. The maximum atomic E-state index is 10.8. The van der Waals surface area contributed by atoms with Gasteiger partial charge in [0.05, 0.1) is 4.60 Å². The molecular formula is C6H3BrN2O. The Labute approximate surface area is 65.4 Å². The Morgan fingerprint density at radius 1 is 1.60 bits per heavy atom. The molecule has 0 aliphatic carbocycles. The summed E-state index contributed by atoms with van der Waals surface area (Å²) in [6.07, 6.45) is 0. The van der Waals surface area contributed by atoms with Crippen LogP contribution in [0.1, 0.15) is 5.56 Å². The van der Waals surface area contributed by atoms with Gasteiger partial charge in [-0.1, -0.05) is 0 Å². The van der Waals surface area contributed by atoms with E-state index in [1.807, 2.05) is 0 Å². The fourth-order valence-electron chi connectivity index (χ4n) is 0.538. The van der Waals surface area contributed by atoms with Gasteiger partial charge in [0.15, 0.2) is 0 Å². The van der Waals surface area contributed by atoms with E-state index in [-0.39, 0.29) is 11.1 Å². The molecule has 0 aliphatic rings. The zero-order valence-corrected chi connectivity index (χ0v) is 6.47. The second-order valence-electron chi connectivity index (χ2n) is 1.66. The molecule has 50 valence electrons. The lowest BCUT2D eigenvalue weighted by Gasteiger charge is -1.87. The van der Waals surface area contributed by atoms with Gasteiger partial charge in [0.1, 0.15) is 11.6 Å². The maximum absolute atomic E-state index is 10.8. The van der Waals surface area contributed by atoms with Crippen LogP contribution in [0.5, 0.6) is 0 Å². The van der Waals surface area contributed by atoms with Crippen molar-refractivity contribution in [2.75, 3.05) is 0 Å². The Morgan fingerprint density at radius 3 is 2.80 bits per heavy atom. The largest absolute Gasteiger partial charge is 0.315 e. The average molecular weight is 199 g/mol. The highest BCUT2D eigenvalue weighted by Crippen LogP contribution is 2.00. The Bertz CT molecular complexity index is 336. The van der Waals surface area contributed by atoms with Crippen molar-refractivity contribution in [2.45, 2.75) is 0 Å². The molecule has 1 aromatic heterocycles. The summed E-state index contributed by atoms with van der Waals surface area (Å²) in [4.78, 5) is 13.2. The molecule has 10 heavy (non-hydrogen) atoms. The summed E-state index contributed by atoms with van der Waals surface area (Å²) in [5.41, 5.74) is -0.236. The number of nitriles is 1. The van der Waals surface area contributed by atoms with Crippen LogP contribution in [0.2, 0.25) is 0 Å². The molecule has 0 bridgehead atoms. The van der Waals surface area contributed by atoms with Gasteiger partial charge in [-0.25, -0.2) is 0 Å². The molecule has 4 heteroatoms. The number of halogens is 1. The normalized spacial score (nSPS) is 8.80. The van der Waals surface area contributed by atoms with E-state index in [9.17, 15) is 4.79 Å². The predicted octanol–water partition coefficient (Wildman–Crippen LogP) is 1.01. The van der Waals surface area contributed by atoms with Crippen molar-refractivity contribution < 1.29 is 0 Å². The fourth-order valence-corrected chi connectivity index (χ4v) is 0.850. The maximum Gasteiger partial charge on any atom is 0.266 e. The summed E-state index contributed by atoms with van der Waals surface area (Å²) >= 11 is 3.06. The van der Waals surface area contributed by atoms with Crippen LogP contribution in [0, 0.1) is 11.3 Å². The first-order chi connectivity index (χ1) is 4.74. The highest BCUT2D eigenvalue weighted by molar-refractivity contribution is 9.10. The molecular weight excluding hydrogens is 196 g/mol. The molecule has 0 aliphatic heterocycles. The third-order valence-electron chi connectivity index (χ3n) is 0.994. The van der Waals surface area contributed by atoms with Gasteiger partial charge in [-0.15, -0.1) is 0 Å². The molecule has 0 atom stereocenters. The van der Waals surface area contributed by atoms with E-state index in [1.165, 1.54) is 6.07 Å². The number of H-pyrrole nitrogens is 1. The molecule has 0 saturated carbocycles. The third-order valence-corrected chi connectivity index (χ3v) is 1.46. The first-order valence-corrected chi connectivity index (χ1v) is 3.32. The summed E-state index contributed by atoms with van der Waals surface area (Å²) in [5.74, 6) is 0. The van der Waals surface area contributed by atoms with Crippen molar-refractivity contribution in [1.29, 1.82) is 5.26 Å². The minimum atomic E-state index is -0.364. The first kappa shape index (κ1) is 7.03. The SMILES string of the molecule is N#Cc1ccc(Br)[nH]c1=O. The minimum Gasteiger partial charge on any atom is -0.315 e. The summed E-state index contributed by atoms with van der Waals surface area (Å²) in [6.45, 7) is 0. The summed E-state index contributed by atoms with van der Waals surface area (Å²) in [7, 11) is 0. The van der Waals surface area contributed by atoms with E-state index in [1.54, 1.807) is 12.1 Å². The molecule has 1 aromatic rings. The number of rotatable bonds is 0. The van der Waals surface area contributed by atoms with Crippen LogP contribution in [0.4, 0.5) is 0 Å². The van der Waals surface area contributed by atoms with Crippen LogP contribution < -0.4 is 5.56 Å². The van der Waals surface area contributed by atoms with Gasteiger partial charge >= 0.3 is 0 Å². The standard InChI is InChI=1S/C6H3BrN2O/c7-5-2-1-4(3-8)6(10)9-5/h1-2H,(H,9,10). The quantitative estimate of drug-likeness (QED) is 0.633. The molecule has 0 spiro atoms. The summed E-state index contributed by atoms with van der Waals surface area (Å²) in [5, 5.41) is 8.32.